The molecule has 1 aromatic rings. The number of carbonyl (C=O) groups is 1. The molecule has 3 N–H and O–H groups in total. The van der Waals surface area contributed by atoms with Crippen molar-refractivity contribution in [3.8, 4) is 0 Å². The number of nitrogens with one attached hydrogen (secondary N) is 1. The van der Waals surface area contributed by atoms with Gasteiger partial charge in [0.15, 0.2) is 0 Å². The van der Waals surface area contributed by atoms with Gasteiger partial charge in [-0.1, -0.05) is 0 Å². The van der Waals surface area contributed by atoms with E-state index in [1.807, 2.05) is 0 Å². The molecule has 5 nitrogen and oxygen atoms in total. The predicted octanol–water partition coefficient (Wildman–Crippen LogP) is -2.92. The third-order valence-corrected chi connectivity index (χ3v) is 0.801. The average molecular weight is 162 g/mol. The molecule has 0 radical (unpaired) electrons. The van der Waals surface area contributed by atoms with Crippen molar-refractivity contribution in [1.29, 1.82) is 0 Å². The molecular formula is C5H7N4NaO. The number of rotatable bonds is 1. The van der Waals surface area contributed by atoms with E-state index in [0.29, 0.717) is 0 Å². The summed E-state index contributed by atoms with van der Waals surface area (Å²) in [6, 6.07) is 0.984. The first-order valence-electron chi connectivity index (χ1n) is 2.62. The van der Waals surface area contributed by atoms with Crippen molar-refractivity contribution in [2.45, 2.75) is 0 Å². The summed E-state index contributed by atoms with van der Waals surface area (Å²) in [6.07, 6.45) is 3.02. The van der Waals surface area contributed by atoms with Crippen molar-refractivity contribution in [3.05, 3.63) is 18.5 Å². The molecule has 54 valence electrons. The molecule has 0 unspecified atom stereocenters. The average Bonchev–Trinajstić information content (AvgIpc) is 1.88. The van der Waals surface area contributed by atoms with Gasteiger partial charge in [0.1, 0.15) is 0 Å². The molecule has 0 aliphatic carbocycles. The number of carbonyl (C=O) groups excluding carboxylic acids is 1. The van der Waals surface area contributed by atoms with Crippen LogP contribution >= 0.6 is 0 Å². The molecule has 1 heterocycles. The zero-order valence-electron chi connectivity index (χ0n) is 7.11. The number of anilines is 1. The van der Waals surface area contributed by atoms with Crippen LogP contribution in [0.3, 0.4) is 0 Å². The Morgan fingerprint density at radius 3 is 2.55 bits per heavy atom. The van der Waals surface area contributed by atoms with E-state index >= 15 is 0 Å². The molecule has 0 aliphatic heterocycles. The Hall–Kier alpha value is -0.650. The number of urea groups is 1. The normalized spacial score (nSPS) is 8.00. The largest absolute Gasteiger partial charge is 1.00 e. The van der Waals surface area contributed by atoms with Crippen LogP contribution in [-0.2, 0) is 0 Å². The molecule has 0 aliphatic rings. The van der Waals surface area contributed by atoms with Gasteiger partial charge in [-0.15, -0.1) is 0 Å². The Balaban J connectivity index is 0. The van der Waals surface area contributed by atoms with Crippen molar-refractivity contribution in [2.75, 3.05) is 5.32 Å². The number of hydrogen-bond acceptors (Lipinski definition) is 3. The monoisotopic (exact) mass is 162 g/mol. The smallest absolute Gasteiger partial charge is 1.00 e. The summed E-state index contributed by atoms with van der Waals surface area (Å²) in [4.78, 5) is 17.6. The first-order valence-corrected chi connectivity index (χ1v) is 2.62. The second-order valence-electron chi connectivity index (χ2n) is 1.56. The Kier molecular flexibility index (Phi) is 4.76. The van der Waals surface area contributed by atoms with Gasteiger partial charge in [-0.2, -0.15) is 0 Å². The summed E-state index contributed by atoms with van der Waals surface area (Å²) < 4.78 is 0. The van der Waals surface area contributed by atoms with Crippen LogP contribution in [0.25, 0.3) is 0 Å². The Labute approximate surface area is 87.2 Å². The number of nitrogens with zero attached hydrogens (tertiary/aromatic N) is 2. The molecule has 0 fully saturated rings. The first-order chi connectivity index (χ1) is 4.79. The van der Waals surface area contributed by atoms with Crippen LogP contribution in [0.2, 0.25) is 0 Å². The summed E-state index contributed by atoms with van der Waals surface area (Å²) in [7, 11) is 0. The van der Waals surface area contributed by atoms with E-state index in [1.54, 1.807) is 6.07 Å². The molecule has 1 aromatic heterocycles. The maximum Gasteiger partial charge on any atom is 1.00 e. The number of aromatic nitrogens is 2. The van der Waals surface area contributed by atoms with Crippen LogP contribution in [0, 0.1) is 0 Å². The number of amides is 2. The molecule has 0 bridgehead atoms. The summed E-state index contributed by atoms with van der Waals surface area (Å²) in [5.41, 5.74) is 4.79. The number of nitrogens with two attached hydrogens (primary N) is 1. The summed E-state index contributed by atoms with van der Waals surface area (Å²) >= 11 is 0. The van der Waals surface area contributed by atoms with Crippen molar-refractivity contribution in [3.63, 3.8) is 0 Å². The molecular weight excluding hydrogens is 155 g/mol. The fraction of sp³-hybridized carbons (Fsp3) is 0. The number of primary amides is 1. The molecule has 1 rings (SSSR count). The SMILES string of the molecule is NC(=O)Nc1ncccn1.[H-].[Na+]. The Morgan fingerprint density at radius 1 is 1.55 bits per heavy atom. The molecule has 2 amide bonds. The summed E-state index contributed by atoms with van der Waals surface area (Å²) in [5.74, 6) is 0.218. The van der Waals surface area contributed by atoms with Gasteiger partial charge in [-0.3, -0.25) is 5.32 Å². The summed E-state index contributed by atoms with van der Waals surface area (Å²) in [5, 5.41) is 2.22. The van der Waals surface area contributed by atoms with E-state index in [-0.39, 0.29) is 36.9 Å². The fourth-order valence-corrected chi connectivity index (χ4v) is 0.474. The van der Waals surface area contributed by atoms with E-state index < -0.39 is 6.03 Å². The zero-order valence-corrected chi connectivity index (χ0v) is 8.11. The molecule has 0 aromatic carbocycles. The third-order valence-electron chi connectivity index (χ3n) is 0.801. The molecule has 0 spiro atoms. The van der Waals surface area contributed by atoms with Gasteiger partial charge in [0.05, 0.1) is 0 Å². The molecule has 11 heavy (non-hydrogen) atoms. The first kappa shape index (κ1) is 10.3. The minimum atomic E-state index is -0.661. The van der Waals surface area contributed by atoms with Gasteiger partial charge in [0.2, 0.25) is 5.95 Å². The molecule has 0 saturated heterocycles. The number of hydrogen-bond donors (Lipinski definition) is 2. The van der Waals surface area contributed by atoms with Crippen molar-refractivity contribution >= 4 is 12.0 Å². The second-order valence-corrected chi connectivity index (χ2v) is 1.56. The van der Waals surface area contributed by atoms with Crippen LogP contribution in [0.1, 0.15) is 1.43 Å². The van der Waals surface area contributed by atoms with E-state index in [2.05, 4.69) is 15.3 Å². The molecule has 0 atom stereocenters. The zero-order chi connectivity index (χ0) is 7.40. The standard InChI is InChI=1S/C5H6N4O.Na.H/c6-4(10)9-5-7-2-1-3-8-5;;/h1-3H,(H3,6,7,8,9,10);;/q;+1;-1. The fourth-order valence-electron chi connectivity index (χ4n) is 0.474. The van der Waals surface area contributed by atoms with E-state index in [4.69, 9.17) is 5.73 Å². The Bertz CT molecular complexity index is 232. The van der Waals surface area contributed by atoms with E-state index in [9.17, 15) is 4.79 Å². The van der Waals surface area contributed by atoms with Gasteiger partial charge in [-0.05, 0) is 6.07 Å². The van der Waals surface area contributed by atoms with Crippen LogP contribution in [0.15, 0.2) is 18.5 Å². The quantitative estimate of drug-likeness (QED) is 0.434. The molecule has 6 heteroatoms. The van der Waals surface area contributed by atoms with Crippen molar-refractivity contribution in [1.82, 2.24) is 9.97 Å². The maximum absolute atomic E-state index is 10.2. The second kappa shape index (κ2) is 5.06. The minimum Gasteiger partial charge on any atom is -1.00 e. The van der Waals surface area contributed by atoms with Gasteiger partial charge in [0, 0.05) is 12.4 Å². The van der Waals surface area contributed by atoms with Crippen molar-refractivity contribution < 1.29 is 35.8 Å². The summed E-state index contributed by atoms with van der Waals surface area (Å²) in [6.45, 7) is 0. The van der Waals surface area contributed by atoms with Crippen LogP contribution in [-0.4, -0.2) is 16.0 Å². The van der Waals surface area contributed by atoms with Gasteiger partial charge < -0.3 is 7.16 Å². The van der Waals surface area contributed by atoms with Crippen LogP contribution < -0.4 is 40.6 Å². The predicted molar refractivity (Wildman–Crippen MR) is 36.4 cm³/mol. The van der Waals surface area contributed by atoms with Crippen molar-refractivity contribution in [2.24, 2.45) is 5.73 Å². The van der Waals surface area contributed by atoms with E-state index in [1.165, 1.54) is 12.4 Å². The maximum atomic E-state index is 10.2. The Morgan fingerprint density at radius 2 is 2.09 bits per heavy atom. The van der Waals surface area contributed by atoms with E-state index in [0.717, 1.165) is 0 Å². The topological polar surface area (TPSA) is 80.9 Å². The third kappa shape index (κ3) is 3.92. The van der Waals surface area contributed by atoms with Gasteiger partial charge in [0.25, 0.3) is 0 Å². The minimum absolute atomic E-state index is 0. The van der Waals surface area contributed by atoms with Gasteiger partial charge >= 0.3 is 35.6 Å². The van der Waals surface area contributed by atoms with Crippen LogP contribution in [0.4, 0.5) is 10.7 Å². The van der Waals surface area contributed by atoms with Crippen LogP contribution in [0.5, 0.6) is 0 Å². The molecule has 0 saturated carbocycles. The van der Waals surface area contributed by atoms with Gasteiger partial charge in [-0.25, -0.2) is 14.8 Å².